The quantitative estimate of drug-likeness (QED) is 0.772. The van der Waals surface area contributed by atoms with E-state index in [0.29, 0.717) is 43.7 Å². The molecule has 0 aromatic carbocycles. The molecule has 5 rings (SSSR count). The van der Waals surface area contributed by atoms with E-state index in [4.69, 9.17) is 0 Å². The van der Waals surface area contributed by atoms with Gasteiger partial charge in [-0.1, -0.05) is 0 Å². The van der Waals surface area contributed by atoms with Gasteiger partial charge in [-0.25, -0.2) is 15.0 Å². The van der Waals surface area contributed by atoms with E-state index >= 15 is 0 Å². The molecule has 0 bridgehead atoms. The molecule has 3 fully saturated rings. The van der Waals surface area contributed by atoms with Crippen molar-refractivity contribution < 1.29 is 9.59 Å². The zero-order valence-electron chi connectivity index (χ0n) is 17.5. The lowest BCUT2D eigenvalue weighted by Gasteiger charge is -2.32. The molecule has 2 aromatic rings. The van der Waals surface area contributed by atoms with E-state index in [-0.39, 0.29) is 17.7 Å². The van der Waals surface area contributed by atoms with Crippen LogP contribution in [0.15, 0.2) is 37.1 Å². The number of nitrogens with one attached hydrogen (secondary N) is 1. The fourth-order valence-electron chi connectivity index (χ4n) is 4.90. The Balaban J connectivity index is 1.40. The van der Waals surface area contributed by atoms with E-state index in [1.165, 1.54) is 25.2 Å². The van der Waals surface area contributed by atoms with E-state index in [1.54, 1.807) is 24.7 Å². The lowest BCUT2D eigenvalue weighted by Crippen LogP contribution is -2.48. The summed E-state index contributed by atoms with van der Waals surface area (Å²) in [7, 11) is 0. The van der Waals surface area contributed by atoms with Gasteiger partial charge in [-0.15, -0.1) is 0 Å². The molecule has 2 aliphatic heterocycles. The molecule has 4 heterocycles. The lowest BCUT2D eigenvalue weighted by molar-refractivity contribution is -0.132. The molecular formula is C22H27N7O2. The molecule has 3 aliphatic rings. The van der Waals surface area contributed by atoms with Crippen LogP contribution >= 0.6 is 0 Å². The first-order valence-corrected chi connectivity index (χ1v) is 11.0. The number of rotatable bonds is 5. The van der Waals surface area contributed by atoms with E-state index in [1.807, 2.05) is 4.90 Å². The van der Waals surface area contributed by atoms with Crippen molar-refractivity contribution in [2.24, 2.45) is 17.3 Å². The Kier molecular flexibility index (Phi) is 5.25. The van der Waals surface area contributed by atoms with Crippen molar-refractivity contribution in [1.82, 2.24) is 30.2 Å². The molecular weight excluding hydrogens is 394 g/mol. The molecule has 2 saturated heterocycles. The predicted octanol–water partition coefficient (Wildman–Crippen LogP) is 1.15. The zero-order chi connectivity index (χ0) is 21.3. The second kappa shape index (κ2) is 8.20. The van der Waals surface area contributed by atoms with Gasteiger partial charge in [0.15, 0.2) is 0 Å². The SMILES string of the molecule is O=C(c1cnccn1)N1CCC[C@]2(C(=O)NCC3CC3)CN(c3ncccn3)C[C@@H]2C1. The van der Waals surface area contributed by atoms with E-state index in [2.05, 4.69) is 30.2 Å². The monoisotopic (exact) mass is 421 g/mol. The summed E-state index contributed by atoms with van der Waals surface area (Å²) in [5, 5.41) is 3.22. The average molecular weight is 422 g/mol. The van der Waals surface area contributed by atoms with Gasteiger partial charge in [0, 0.05) is 63.4 Å². The minimum atomic E-state index is -0.550. The smallest absolute Gasteiger partial charge is 0.274 e. The van der Waals surface area contributed by atoms with Crippen molar-refractivity contribution in [1.29, 1.82) is 0 Å². The molecule has 2 aromatic heterocycles. The molecule has 162 valence electrons. The van der Waals surface area contributed by atoms with Crippen LogP contribution in [-0.2, 0) is 4.79 Å². The zero-order valence-corrected chi connectivity index (χ0v) is 17.5. The number of nitrogens with zero attached hydrogens (tertiary/aromatic N) is 6. The third kappa shape index (κ3) is 3.96. The molecule has 9 nitrogen and oxygen atoms in total. The van der Waals surface area contributed by atoms with Gasteiger partial charge in [0.25, 0.3) is 5.91 Å². The minimum Gasteiger partial charge on any atom is -0.355 e. The first-order chi connectivity index (χ1) is 15.2. The summed E-state index contributed by atoms with van der Waals surface area (Å²) in [6.07, 6.45) is 11.9. The predicted molar refractivity (Wildman–Crippen MR) is 113 cm³/mol. The largest absolute Gasteiger partial charge is 0.355 e. The summed E-state index contributed by atoms with van der Waals surface area (Å²) < 4.78 is 0. The van der Waals surface area contributed by atoms with Crippen molar-refractivity contribution in [2.45, 2.75) is 25.7 Å². The van der Waals surface area contributed by atoms with Gasteiger partial charge in [-0.05, 0) is 37.7 Å². The Labute approximate surface area is 181 Å². The van der Waals surface area contributed by atoms with Gasteiger partial charge < -0.3 is 15.1 Å². The third-order valence-corrected chi connectivity index (χ3v) is 6.79. The molecule has 2 amide bonds. The van der Waals surface area contributed by atoms with Gasteiger partial charge >= 0.3 is 0 Å². The number of hydrogen-bond acceptors (Lipinski definition) is 7. The number of aromatic nitrogens is 4. The van der Waals surface area contributed by atoms with E-state index < -0.39 is 5.41 Å². The highest BCUT2D eigenvalue weighted by Gasteiger charge is 2.54. The number of anilines is 1. The number of carbonyl (C=O) groups is 2. The van der Waals surface area contributed by atoms with E-state index in [0.717, 1.165) is 19.4 Å². The Hall–Kier alpha value is -3.10. The van der Waals surface area contributed by atoms with Crippen LogP contribution in [0.4, 0.5) is 5.95 Å². The summed E-state index contributed by atoms with van der Waals surface area (Å²) in [5.74, 6) is 1.23. The third-order valence-electron chi connectivity index (χ3n) is 6.79. The van der Waals surface area contributed by atoms with Crippen LogP contribution in [0.2, 0.25) is 0 Å². The van der Waals surface area contributed by atoms with E-state index in [9.17, 15) is 9.59 Å². The summed E-state index contributed by atoms with van der Waals surface area (Å²) in [6.45, 7) is 3.09. The van der Waals surface area contributed by atoms with Crippen LogP contribution < -0.4 is 10.2 Å². The molecule has 9 heteroatoms. The van der Waals surface area contributed by atoms with Crippen LogP contribution in [0.25, 0.3) is 0 Å². The van der Waals surface area contributed by atoms with Crippen molar-refractivity contribution in [3.05, 3.63) is 42.7 Å². The van der Waals surface area contributed by atoms with Gasteiger partial charge in [0.2, 0.25) is 11.9 Å². The highest BCUT2D eigenvalue weighted by molar-refractivity contribution is 5.92. The molecule has 0 spiro atoms. The maximum absolute atomic E-state index is 13.5. The first kappa shape index (κ1) is 19.8. The van der Waals surface area contributed by atoms with Crippen LogP contribution in [-0.4, -0.2) is 69.4 Å². The normalized spacial score (nSPS) is 25.6. The fourth-order valence-corrected chi connectivity index (χ4v) is 4.90. The first-order valence-electron chi connectivity index (χ1n) is 11.0. The maximum Gasteiger partial charge on any atom is 0.274 e. The van der Waals surface area contributed by atoms with Crippen molar-refractivity contribution in [2.75, 3.05) is 37.6 Å². The molecule has 1 aliphatic carbocycles. The Morgan fingerprint density at radius 1 is 1.10 bits per heavy atom. The fraction of sp³-hybridized carbons (Fsp3) is 0.545. The summed E-state index contributed by atoms with van der Waals surface area (Å²) in [4.78, 5) is 47.5. The Morgan fingerprint density at radius 3 is 2.68 bits per heavy atom. The number of fused-ring (bicyclic) bond motifs is 1. The molecule has 1 saturated carbocycles. The second-order valence-corrected chi connectivity index (χ2v) is 8.88. The lowest BCUT2D eigenvalue weighted by atomic mass is 9.74. The van der Waals surface area contributed by atoms with Gasteiger partial charge in [-0.3, -0.25) is 14.6 Å². The van der Waals surface area contributed by atoms with Crippen molar-refractivity contribution in [3.8, 4) is 0 Å². The van der Waals surface area contributed by atoms with Gasteiger partial charge in [0.1, 0.15) is 5.69 Å². The molecule has 2 atom stereocenters. The molecule has 0 unspecified atom stereocenters. The highest BCUT2D eigenvalue weighted by atomic mass is 16.2. The molecule has 0 radical (unpaired) electrons. The minimum absolute atomic E-state index is 0.00127. The topological polar surface area (TPSA) is 104 Å². The number of carbonyl (C=O) groups excluding carboxylic acids is 2. The highest BCUT2D eigenvalue weighted by Crippen LogP contribution is 2.44. The summed E-state index contributed by atoms with van der Waals surface area (Å²) in [6, 6.07) is 1.79. The Bertz CT molecular complexity index is 937. The number of likely N-dealkylation sites (tertiary alicyclic amines) is 1. The van der Waals surface area contributed by atoms with Gasteiger partial charge in [0.05, 0.1) is 11.6 Å². The van der Waals surface area contributed by atoms with Crippen LogP contribution in [0, 0.1) is 17.3 Å². The standard InChI is InChI=1S/C22H27N7O2/c30-19(18-12-23-8-9-24-18)28-10-1-5-22(20(31)27-11-16-3-4-16)15-29(14-17(22)13-28)21-25-6-2-7-26-21/h2,6-9,12,16-17H,1,3-5,10-11,13-15H2,(H,27,31)/t17-,22-/m0/s1. The molecule has 1 N–H and O–H groups in total. The average Bonchev–Trinajstić information content (AvgIpc) is 3.61. The summed E-state index contributed by atoms with van der Waals surface area (Å²) >= 11 is 0. The Morgan fingerprint density at radius 2 is 1.94 bits per heavy atom. The molecule has 31 heavy (non-hydrogen) atoms. The second-order valence-electron chi connectivity index (χ2n) is 8.88. The van der Waals surface area contributed by atoms with Crippen molar-refractivity contribution >= 4 is 17.8 Å². The number of hydrogen-bond donors (Lipinski definition) is 1. The van der Waals surface area contributed by atoms with Crippen LogP contribution in [0.3, 0.4) is 0 Å². The van der Waals surface area contributed by atoms with Crippen molar-refractivity contribution in [3.63, 3.8) is 0 Å². The maximum atomic E-state index is 13.5. The van der Waals surface area contributed by atoms with Crippen LogP contribution in [0.1, 0.15) is 36.2 Å². The van der Waals surface area contributed by atoms with Crippen LogP contribution in [0.5, 0.6) is 0 Å². The summed E-state index contributed by atoms with van der Waals surface area (Å²) in [5.41, 5.74) is -0.208. The van der Waals surface area contributed by atoms with Gasteiger partial charge in [-0.2, -0.15) is 0 Å². The number of amides is 2.